The van der Waals surface area contributed by atoms with Gasteiger partial charge in [0.1, 0.15) is 5.82 Å². The molecule has 0 aliphatic heterocycles. The molecule has 76 valence electrons. The van der Waals surface area contributed by atoms with Gasteiger partial charge in [0, 0.05) is 5.69 Å². The highest BCUT2D eigenvalue weighted by Gasteiger charge is 2.02. The summed E-state index contributed by atoms with van der Waals surface area (Å²) in [6, 6.07) is 12.4. The second-order valence-electron chi connectivity index (χ2n) is 3.25. The quantitative estimate of drug-likeness (QED) is 0.780. The van der Waals surface area contributed by atoms with Crippen LogP contribution in [0, 0.1) is 5.82 Å². The van der Waals surface area contributed by atoms with Crippen molar-refractivity contribution in [3.63, 3.8) is 0 Å². The van der Waals surface area contributed by atoms with Crippen molar-refractivity contribution in [2.45, 2.75) is 0 Å². The first-order chi connectivity index (χ1) is 7.16. The average molecular weight is 266 g/mol. The number of halogens is 2. The van der Waals surface area contributed by atoms with Gasteiger partial charge in [-0.25, -0.2) is 4.39 Å². The zero-order valence-corrected chi connectivity index (χ0v) is 9.46. The van der Waals surface area contributed by atoms with Gasteiger partial charge in [0.25, 0.3) is 0 Å². The van der Waals surface area contributed by atoms with Crippen LogP contribution in [-0.4, -0.2) is 0 Å². The number of nitrogen functional groups attached to an aromatic ring is 1. The van der Waals surface area contributed by atoms with E-state index in [-0.39, 0.29) is 5.82 Å². The van der Waals surface area contributed by atoms with Gasteiger partial charge in [0.15, 0.2) is 0 Å². The second kappa shape index (κ2) is 4.03. The van der Waals surface area contributed by atoms with Crippen LogP contribution in [0.2, 0.25) is 0 Å². The fourth-order valence-corrected chi connectivity index (χ4v) is 1.73. The van der Waals surface area contributed by atoms with Crippen LogP contribution in [0.1, 0.15) is 0 Å². The van der Waals surface area contributed by atoms with E-state index in [2.05, 4.69) is 15.9 Å². The molecule has 2 aromatic carbocycles. The topological polar surface area (TPSA) is 26.0 Å². The van der Waals surface area contributed by atoms with E-state index in [0.717, 1.165) is 16.8 Å². The van der Waals surface area contributed by atoms with E-state index in [4.69, 9.17) is 5.73 Å². The molecule has 0 spiro atoms. The highest BCUT2D eigenvalue weighted by atomic mass is 79.9. The third-order valence-corrected chi connectivity index (χ3v) is 2.77. The van der Waals surface area contributed by atoms with E-state index in [9.17, 15) is 4.39 Å². The smallest absolute Gasteiger partial charge is 0.137 e. The molecule has 0 atom stereocenters. The molecule has 0 saturated carbocycles. The molecule has 1 nitrogen and oxygen atoms in total. The molecule has 0 amide bonds. The molecule has 0 bridgehead atoms. The van der Waals surface area contributed by atoms with Gasteiger partial charge in [-0.3, -0.25) is 0 Å². The van der Waals surface area contributed by atoms with E-state index in [0.29, 0.717) is 4.47 Å². The van der Waals surface area contributed by atoms with Crippen LogP contribution < -0.4 is 5.73 Å². The Kier molecular flexibility index (Phi) is 2.73. The predicted molar refractivity (Wildman–Crippen MR) is 63.9 cm³/mol. The van der Waals surface area contributed by atoms with Gasteiger partial charge in [0.2, 0.25) is 0 Å². The van der Waals surface area contributed by atoms with E-state index >= 15 is 0 Å². The number of rotatable bonds is 1. The van der Waals surface area contributed by atoms with Crippen molar-refractivity contribution in [1.29, 1.82) is 0 Å². The molecule has 0 aliphatic rings. The van der Waals surface area contributed by atoms with Crippen LogP contribution in [0.25, 0.3) is 11.1 Å². The van der Waals surface area contributed by atoms with E-state index < -0.39 is 0 Å². The Balaban J connectivity index is 2.45. The highest BCUT2D eigenvalue weighted by Crippen LogP contribution is 2.25. The predicted octanol–water partition coefficient (Wildman–Crippen LogP) is 3.84. The van der Waals surface area contributed by atoms with Crippen LogP contribution >= 0.6 is 15.9 Å². The number of hydrogen-bond acceptors (Lipinski definition) is 1. The molecule has 15 heavy (non-hydrogen) atoms. The Hall–Kier alpha value is -1.35. The molecular weight excluding hydrogens is 257 g/mol. The Labute approximate surface area is 95.9 Å². The number of anilines is 1. The molecule has 0 unspecified atom stereocenters. The van der Waals surface area contributed by atoms with Gasteiger partial charge in [-0.05, 0) is 51.3 Å². The van der Waals surface area contributed by atoms with Gasteiger partial charge in [-0.2, -0.15) is 0 Å². The first-order valence-electron chi connectivity index (χ1n) is 4.48. The number of benzene rings is 2. The van der Waals surface area contributed by atoms with Crippen molar-refractivity contribution < 1.29 is 4.39 Å². The summed E-state index contributed by atoms with van der Waals surface area (Å²) in [7, 11) is 0. The van der Waals surface area contributed by atoms with Crippen molar-refractivity contribution in [2.24, 2.45) is 0 Å². The van der Waals surface area contributed by atoms with Crippen molar-refractivity contribution >= 4 is 21.6 Å². The minimum atomic E-state index is -0.255. The van der Waals surface area contributed by atoms with Gasteiger partial charge < -0.3 is 5.73 Å². The van der Waals surface area contributed by atoms with Gasteiger partial charge in [-0.15, -0.1) is 0 Å². The van der Waals surface area contributed by atoms with Crippen molar-refractivity contribution in [2.75, 3.05) is 5.73 Å². The van der Waals surface area contributed by atoms with Gasteiger partial charge >= 0.3 is 0 Å². The molecule has 2 aromatic rings. The largest absolute Gasteiger partial charge is 0.399 e. The summed E-state index contributed by atoms with van der Waals surface area (Å²) in [6.45, 7) is 0. The summed E-state index contributed by atoms with van der Waals surface area (Å²) in [6.07, 6.45) is 0. The lowest BCUT2D eigenvalue weighted by molar-refractivity contribution is 0.621. The Bertz CT molecular complexity index is 479. The zero-order chi connectivity index (χ0) is 10.8. The molecule has 0 aliphatic carbocycles. The van der Waals surface area contributed by atoms with Crippen LogP contribution in [0.4, 0.5) is 10.1 Å². The maximum absolute atomic E-state index is 13.0. The molecule has 0 fully saturated rings. The lowest BCUT2D eigenvalue weighted by Crippen LogP contribution is -1.85. The van der Waals surface area contributed by atoms with E-state index in [1.807, 2.05) is 24.3 Å². The zero-order valence-electron chi connectivity index (χ0n) is 7.87. The average Bonchev–Trinajstić information content (AvgIpc) is 2.23. The summed E-state index contributed by atoms with van der Waals surface area (Å²) in [5, 5.41) is 0. The molecule has 0 radical (unpaired) electrons. The first kappa shape index (κ1) is 10.2. The van der Waals surface area contributed by atoms with Crippen LogP contribution in [0.5, 0.6) is 0 Å². The van der Waals surface area contributed by atoms with E-state index in [1.54, 1.807) is 12.1 Å². The molecule has 2 N–H and O–H groups in total. The summed E-state index contributed by atoms with van der Waals surface area (Å²) < 4.78 is 13.5. The fraction of sp³-hybridized carbons (Fsp3) is 0. The molecule has 0 heterocycles. The molecule has 3 heteroatoms. The van der Waals surface area contributed by atoms with Crippen molar-refractivity contribution in [3.05, 3.63) is 52.8 Å². The lowest BCUT2D eigenvalue weighted by Gasteiger charge is -2.03. The summed E-state index contributed by atoms with van der Waals surface area (Å²) in [5.74, 6) is -0.255. The standard InChI is InChI=1S/C12H9BrFN/c13-11-7-9(3-6-12(11)14)8-1-4-10(15)5-2-8/h1-7H,15H2. The minimum absolute atomic E-state index is 0.255. The molecular formula is C12H9BrFN. The third kappa shape index (κ3) is 2.18. The summed E-state index contributed by atoms with van der Waals surface area (Å²) >= 11 is 3.16. The molecule has 2 rings (SSSR count). The maximum Gasteiger partial charge on any atom is 0.137 e. The normalized spacial score (nSPS) is 10.3. The number of hydrogen-bond donors (Lipinski definition) is 1. The summed E-state index contributed by atoms with van der Waals surface area (Å²) in [5.41, 5.74) is 8.29. The monoisotopic (exact) mass is 265 g/mol. The van der Waals surface area contributed by atoms with Crippen LogP contribution in [0.15, 0.2) is 46.9 Å². The van der Waals surface area contributed by atoms with Crippen molar-refractivity contribution in [3.8, 4) is 11.1 Å². The Morgan fingerprint density at radius 1 is 0.933 bits per heavy atom. The second-order valence-corrected chi connectivity index (χ2v) is 4.11. The Morgan fingerprint density at radius 3 is 2.13 bits per heavy atom. The first-order valence-corrected chi connectivity index (χ1v) is 5.27. The Morgan fingerprint density at radius 2 is 1.53 bits per heavy atom. The fourth-order valence-electron chi connectivity index (χ4n) is 1.35. The maximum atomic E-state index is 13.0. The molecule has 0 saturated heterocycles. The van der Waals surface area contributed by atoms with Gasteiger partial charge in [0.05, 0.1) is 4.47 Å². The van der Waals surface area contributed by atoms with Crippen LogP contribution in [0.3, 0.4) is 0 Å². The van der Waals surface area contributed by atoms with Gasteiger partial charge in [-0.1, -0.05) is 18.2 Å². The SMILES string of the molecule is Nc1ccc(-c2ccc(F)c(Br)c2)cc1. The van der Waals surface area contributed by atoms with E-state index in [1.165, 1.54) is 6.07 Å². The number of nitrogens with two attached hydrogens (primary N) is 1. The highest BCUT2D eigenvalue weighted by molar-refractivity contribution is 9.10. The van der Waals surface area contributed by atoms with Crippen LogP contribution in [-0.2, 0) is 0 Å². The minimum Gasteiger partial charge on any atom is -0.399 e. The lowest BCUT2D eigenvalue weighted by atomic mass is 10.1. The summed E-state index contributed by atoms with van der Waals surface area (Å²) in [4.78, 5) is 0. The molecule has 0 aromatic heterocycles. The third-order valence-electron chi connectivity index (χ3n) is 2.16. The van der Waals surface area contributed by atoms with Crippen molar-refractivity contribution in [1.82, 2.24) is 0 Å².